The first-order valence-electron chi connectivity index (χ1n) is 6.27. The number of hydrogen-bond acceptors (Lipinski definition) is 4. The van der Waals surface area contributed by atoms with E-state index in [0.717, 1.165) is 5.56 Å². The third-order valence-electron chi connectivity index (χ3n) is 2.82. The zero-order chi connectivity index (χ0) is 15.5. The number of aromatic nitrogens is 2. The Morgan fingerprint density at radius 1 is 1.48 bits per heavy atom. The molecule has 3 N–H and O–H groups in total. The van der Waals surface area contributed by atoms with Gasteiger partial charge in [0.2, 0.25) is 10.0 Å². The quantitative estimate of drug-likeness (QED) is 0.767. The van der Waals surface area contributed by atoms with Crippen LogP contribution >= 0.6 is 12.2 Å². The molecule has 0 spiro atoms. The van der Waals surface area contributed by atoms with Gasteiger partial charge in [-0.1, -0.05) is 24.4 Å². The number of aryl methyl sites for hydroxylation is 1. The molecule has 2 rings (SSSR count). The molecule has 0 bridgehead atoms. The summed E-state index contributed by atoms with van der Waals surface area (Å²) in [6.07, 6.45) is 3.57. The molecule has 112 valence electrons. The fraction of sp³-hybridized carbons (Fsp3) is 0.231. The standard InChI is InChI=1S/C13H16N4O2S2/c1-10-8-15-17(9-10)6-5-16-21(18,19)12-4-2-3-11(7-12)13(14)20/h2-4,7-9,16H,5-6H2,1H3,(H2,14,20). The molecule has 0 fully saturated rings. The summed E-state index contributed by atoms with van der Waals surface area (Å²) in [6.45, 7) is 2.64. The van der Waals surface area contributed by atoms with Crippen molar-refractivity contribution in [1.29, 1.82) is 0 Å². The minimum Gasteiger partial charge on any atom is -0.389 e. The highest BCUT2D eigenvalue weighted by atomic mass is 32.2. The van der Waals surface area contributed by atoms with E-state index in [1.807, 2.05) is 13.1 Å². The smallest absolute Gasteiger partial charge is 0.240 e. The van der Waals surface area contributed by atoms with Gasteiger partial charge in [0, 0.05) is 18.3 Å². The fourth-order valence-corrected chi connectivity index (χ4v) is 2.98. The molecule has 0 radical (unpaired) electrons. The van der Waals surface area contributed by atoms with E-state index in [1.54, 1.807) is 23.0 Å². The van der Waals surface area contributed by atoms with Crippen molar-refractivity contribution < 1.29 is 8.42 Å². The number of nitrogens with zero attached hydrogens (tertiary/aromatic N) is 2. The Bertz CT molecular complexity index is 753. The number of nitrogens with one attached hydrogen (secondary N) is 1. The van der Waals surface area contributed by atoms with Crippen molar-refractivity contribution in [1.82, 2.24) is 14.5 Å². The van der Waals surface area contributed by atoms with Gasteiger partial charge in [-0.05, 0) is 24.6 Å². The van der Waals surface area contributed by atoms with Crippen molar-refractivity contribution in [3.63, 3.8) is 0 Å². The van der Waals surface area contributed by atoms with Crippen molar-refractivity contribution in [3.05, 3.63) is 47.8 Å². The molecular formula is C13H16N4O2S2. The zero-order valence-electron chi connectivity index (χ0n) is 11.5. The van der Waals surface area contributed by atoms with E-state index in [2.05, 4.69) is 9.82 Å². The molecule has 1 aromatic carbocycles. The summed E-state index contributed by atoms with van der Waals surface area (Å²) in [4.78, 5) is 0.309. The minimum absolute atomic E-state index is 0.143. The molecule has 21 heavy (non-hydrogen) atoms. The normalized spacial score (nSPS) is 11.5. The second-order valence-electron chi connectivity index (χ2n) is 4.57. The second-order valence-corrected chi connectivity index (χ2v) is 6.78. The topological polar surface area (TPSA) is 90.0 Å². The first kappa shape index (κ1) is 15.6. The van der Waals surface area contributed by atoms with Crippen LogP contribution in [0.4, 0.5) is 0 Å². The van der Waals surface area contributed by atoms with Crippen LogP contribution < -0.4 is 10.5 Å². The van der Waals surface area contributed by atoms with Crippen LogP contribution in [-0.4, -0.2) is 29.7 Å². The average Bonchev–Trinajstić information content (AvgIpc) is 2.84. The van der Waals surface area contributed by atoms with E-state index in [0.29, 0.717) is 12.1 Å². The Kier molecular flexibility index (Phi) is 4.71. The molecule has 0 aliphatic carbocycles. The van der Waals surface area contributed by atoms with Crippen LogP contribution in [-0.2, 0) is 16.6 Å². The number of benzene rings is 1. The highest BCUT2D eigenvalue weighted by molar-refractivity contribution is 7.89. The molecule has 0 saturated heterocycles. The van der Waals surface area contributed by atoms with Crippen molar-refractivity contribution in [3.8, 4) is 0 Å². The number of thiocarbonyl (C=S) groups is 1. The Morgan fingerprint density at radius 3 is 2.86 bits per heavy atom. The number of sulfonamides is 1. The van der Waals surface area contributed by atoms with Crippen molar-refractivity contribution in [2.24, 2.45) is 5.73 Å². The summed E-state index contributed by atoms with van der Waals surface area (Å²) in [5.74, 6) is 0. The van der Waals surface area contributed by atoms with Gasteiger partial charge in [-0.25, -0.2) is 13.1 Å². The summed E-state index contributed by atoms with van der Waals surface area (Å²) in [5.41, 5.74) is 7.06. The zero-order valence-corrected chi connectivity index (χ0v) is 13.1. The number of rotatable bonds is 6. The summed E-state index contributed by atoms with van der Waals surface area (Å²) in [7, 11) is -3.59. The fourth-order valence-electron chi connectivity index (χ4n) is 1.78. The lowest BCUT2D eigenvalue weighted by atomic mass is 10.2. The molecule has 0 saturated carbocycles. The minimum atomic E-state index is -3.59. The average molecular weight is 324 g/mol. The molecule has 1 aromatic heterocycles. The Labute approximate surface area is 129 Å². The van der Waals surface area contributed by atoms with Crippen molar-refractivity contribution in [2.45, 2.75) is 18.4 Å². The van der Waals surface area contributed by atoms with Gasteiger partial charge >= 0.3 is 0 Å². The van der Waals surface area contributed by atoms with Crippen LogP contribution in [0.5, 0.6) is 0 Å². The van der Waals surface area contributed by atoms with Gasteiger partial charge in [-0.3, -0.25) is 4.68 Å². The highest BCUT2D eigenvalue weighted by Crippen LogP contribution is 2.11. The van der Waals surface area contributed by atoms with Gasteiger partial charge in [0.1, 0.15) is 4.99 Å². The molecule has 0 unspecified atom stereocenters. The lowest BCUT2D eigenvalue weighted by Crippen LogP contribution is -2.27. The van der Waals surface area contributed by atoms with Crippen LogP contribution in [0.1, 0.15) is 11.1 Å². The molecular weight excluding hydrogens is 308 g/mol. The van der Waals surface area contributed by atoms with E-state index in [-0.39, 0.29) is 16.4 Å². The molecule has 1 heterocycles. The maximum absolute atomic E-state index is 12.2. The molecule has 0 amide bonds. The first-order valence-corrected chi connectivity index (χ1v) is 8.16. The van der Waals surface area contributed by atoms with Crippen LogP contribution in [0.15, 0.2) is 41.6 Å². The van der Waals surface area contributed by atoms with E-state index in [9.17, 15) is 8.42 Å². The van der Waals surface area contributed by atoms with Crippen LogP contribution in [0.3, 0.4) is 0 Å². The lowest BCUT2D eigenvalue weighted by molar-refractivity contribution is 0.561. The summed E-state index contributed by atoms with van der Waals surface area (Å²) in [5, 5.41) is 4.09. The Hall–Kier alpha value is -1.77. The lowest BCUT2D eigenvalue weighted by Gasteiger charge is -2.08. The van der Waals surface area contributed by atoms with E-state index in [4.69, 9.17) is 18.0 Å². The molecule has 8 heteroatoms. The molecule has 0 aliphatic heterocycles. The van der Waals surface area contributed by atoms with Gasteiger partial charge in [0.15, 0.2) is 0 Å². The second kappa shape index (κ2) is 6.33. The van der Waals surface area contributed by atoms with Gasteiger partial charge in [0.05, 0.1) is 17.6 Å². The number of hydrogen-bond donors (Lipinski definition) is 2. The summed E-state index contributed by atoms with van der Waals surface area (Å²) >= 11 is 4.85. The third-order valence-corrected chi connectivity index (χ3v) is 4.52. The van der Waals surface area contributed by atoms with Crippen LogP contribution in [0.2, 0.25) is 0 Å². The molecule has 0 atom stereocenters. The molecule has 6 nitrogen and oxygen atoms in total. The monoisotopic (exact) mass is 324 g/mol. The van der Waals surface area contributed by atoms with Gasteiger partial charge in [-0.15, -0.1) is 0 Å². The maximum atomic E-state index is 12.2. The predicted molar refractivity (Wildman–Crippen MR) is 84.5 cm³/mol. The summed E-state index contributed by atoms with van der Waals surface area (Å²) in [6, 6.07) is 6.25. The maximum Gasteiger partial charge on any atom is 0.240 e. The van der Waals surface area contributed by atoms with Crippen LogP contribution in [0, 0.1) is 6.92 Å². The van der Waals surface area contributed by atoms with E-state index >= 15 is 0 Å². The Balaban J connectivity index is 2.04. The SMILES string of the molecule is Cc1cnn(CCNS(=O)(=O)c2cccc(C(N)=S)c2)c1. The van der Waals surface area contributed by atoms with E-state index < -0.39 is 10.0 Å². The predicted octanol–water partition coefficient (Wildman–Crippen LogP) is 0.804. The van der Waals surface area contributed by atoms with Crippen molar-refractivity contribution >= 4 is 27.2 Å². The summed E-state index contributed by atoms with van der Waals surface area (Å²) < 4.78 is 28.6. The number of nitrogens with two attached hydrogens (primary N) is 1. The largest absolute Gasteiger partial charge is 0.389 e. The van der Waals surface area contributed by atoms with Crippen molar-refractivity contribution in [2.75, 3.05) is 6.54 Å². The van der Waals surface area contributed by atoms with Crippen LogP contribution in [0.25, 0.3) is 0 Å². The first-order chi connectivity index (χ1) is 9.88. The third kappa shape index (κ3) is 4.10. The van der Waals surface area contributed by atoms with Gasteiger partial charge in [0.25, 0.3) is 0 Å². The molecule has 0 aliphatic rings. The molecule has 2 aromatic rings. The highest BCUT2D eigenvalue weighted by Gasteiger charge is 2.14. The van der Waals surface area contributed by atoms with Gasteiger partial charge < -0.3 is 5.73 Å². The van der Waals surface area contributed by atoms with Gasteiger partial charge in [-0.2, -0.15) is 5.10 Å². The van der Waals surface area contributed by atoms with E-state index in [1.165, 1.54) is 12.1 Å². The Morgan fingerprint density at radius 2 is 2.24 bits per heavy atom.